The van der Waals surface area contributed by atoms with Crippen molar-refractivity contribution in [2.24, 2.45) is 17.1 Å². The summed E-state index contributed by atoms with van der Waals surface area (Å²) in [6.07, 6.45) is 1.66. The standard InChI is InChI=1S/C28H22N6O5S/c1-18-26(27(35)33(31(18)2)21-6-4-3-5-7-21)30-28-32(29-15-19-8-13-24-25(14-19)39-17-38-24)23(16-40-28)20-9-11-22(12-10-20)34(36)37/h3-16H,17H2,1-2H3. The third-order valence-electron chi connectivity index (χ3n) is 6.51. The molecule has 0 fully saturated rings. The Hall–Kier alpha value is -5.23. The Morgan fingerprint density at radius 2 is 1.77 bits per heavy atom. The van der Waals surface area contributed by atoms with Gasteiger partial charge in [-0.25, -0.2) is 14.4 Å². The lowest BCUT2D eigenvalue weighted by atomic mass is 10.1. The van der Waals surface area contributed by atoms with Gasteiger partial charge in [0.25, 0.3) is 11.2 Å². The Morgan fingerprint density at radius 1 is 1.02 bits per heavy atom. The second-order valence-corrected chi connectivity index (χ2v) is 9.74. The number of hydrogen-bond acceptors (Lipinski definition) is 8. The molecule has 0 radical (unpaired) electrons. The molecule has 6 rings (SSSR count). The maximum Gasteiger partial charge on any atom is 0.297 e. The Kier molecular flexibility index (Phi) is 6.36. The summed E-state index contributed by atoms with van der Waals surface area (Å²) in [7, 11) is 1.81. The molecule has 5 aromatic rings. The highest BCUT2D eigenvalue weighted by atomic mass is 32.1. The van der Waals surface area contributed by atoms with E-state index in [1.165, 1.54) is 23.5 Å². The molecule has 0 atom stereocenters. The predicted molar refractivity (Wildman–Crippen MR) is 151 cm³/mol. The maximum atomic E-state index is 13.5. The number of non-ortho nitro benzene ring substituents is 1. The fraction of sp³-hybridized carbons (Fsp3) is 0.107. The van der Waals surface area contributed by atoms with Crippen LogP contribution in [0.1, 0.15) is 11.3 Å². The first-order chi connectivity index (χ1) is 19.4. The quantitative estimate of drug-likeness (QED) is 0.170. The number of hydrogen-bond donors (Lipinski definition) is 0. The van der Waals surface area contributed by atoms with Gasteiger partial charge in [0, 0.05) is 30.1 Å². The van der Waals surface area contributed by atoms with E-state index in [9.17, 15) is 14.9 Å². The van der Waals surface area contributed by atoms with E-state index < -0.39 is 4.92 Å². The van der Waals surface area contributed by atoms with Crippen LogP contribution in [0, 0.1) is 17.0 Å². The molecule has 40 heavy (non-hydrogen) atoms. The fourth-order valence-electron chi connectivity index (χ4n) is 4.34. The normalized spacial score (nSPS) is 12.9. The summed E-state index contributed by atoms with van der Waals surface area (Å²) in [6, 6.07) is 21.0. The highest BCUT2D eigenvalue weighted by Gasteiger charge is 2.18. The number of fused-ring (bicyclic) bond motifs is 1. The van der Waals surface area contributed by atoms with Crippen molar-refractivity contribution in [2.45, 2.75) is 6.92 Å². The van der Waals surface area contributed by atoms with Crippen LogP contribution >= 0.6 is 11.3 Å². The van der Waals surface area contributed by atoms with Crippen molar-refractivity contribution in [3.8, 4) is 28.4 Å². The van der Waals surface area contributed by atoms with Gasteiger partial charge in [-0.3, -0.25) is 19.6 Å². The van der Waals surface area contributed by atoms with Gasteiger partial charge in [-0.2, -0.15) is 5.10 Å². The van der Waals surface area contributed by atoms with E-state index in [0.29, 0.717) is 33.3 Å². The number of aromatic nitrogens is 3. The minimum absolute atomic E-state index is 0.0133. The van der Waals surface area contributed by atoms with Gasteiger partial charge in [0.05, 0.1) is 28.2 Å². The molecule has 1 aliphatic heterocycles. The fourth-order valence-corrected chi connectivity index (χ4v) is 5.18. The summed E-state index contributed by atoms with van der Waals surface area (Å²) in [5.74, 6) is 1.29. The molecule has 0 unspecified atom stereocenters. The van der Waals surface area contributed by atoms with Crippen LogP contribution in [0.15, 0.2) is 93.1 Å². The van der Waals surface area contributed by atoms with Crippen LogP contribution in [0.25, 0.3) is 16.9 Å². The number of nitro groups is 1. The van der Waals surface area contributed by atoms with Crippen LogP contribution in [0.3, 0.4) is 0 Å². The zero-order valence-corrected chi connectivity index (χ0v) is 22.2. The second kappa shape index (κ2) is 10.2. The topological polar surface area (TPSA) is 118 Å². The minimum Gasteiger partial charge on any atom is -0.454 e. The van der Waals surface area contributed by atoms with Gasteiger partial charge in [-0.05, 0) is 55.0 Å². The van der Waals surface area contributed by atoms with E-state index >= 15 is 0 Å². The van der Waals surface area contributed by atoms with Gasteiger partial charge < -0.3 is 9.47 Å². The average Bonchev–Trinajstić information content (AvgIpc) is 3.66. The zero-order valence-electron chi connectivity index (χ0n) is 21.4. The number of nitrogens with zero attached hydrogens (tertiary/aromatic N) is 6. The summed E-state index contributed by atoms with van der Waals surface area (Å²) < 4.78 is 15.8. The van der Waals surface area contributed by atoms with Crippen molar-refractivity contribution >= 4 is 28.9 Å². The van der Waals surface area contributed by atoms with Crippen molar-refractivity contribution in [3.05, 3.63) is 115 Å². The van der Waals surface area contributed by atoms with Crippen molar-refractivity contribution in [1.29, 1.82) is 0 Å². The largest absolute Gasteiger partial charge is 0.454 e. The molecule has 200 valence electrons. The van der Waals surface area contributed by atoms with Crippen molar-refractivity contribution < 1.29 is 14.4 Å². The molecule has 0 amide bonds. The van der Waals surface area contributed by atoms with E-state index in [1.807, 2.05) is 67.9 Å². The number of benzene rings is 3. The Morgan fingerprint density at radius 3 is 2.52 bits per heavy atom. The van der Waals surface area contributed by atoms with Gasteiger partial charge in [0.15, 0.2) is 17.2 Å². The maximum absolute atomic E-state index is 13.5. The van der Waals surface area contributed by atoms with Crippen LogP contribution in [0.2, 0.25) is 0 Å². The molecule has 0 N–H and O–H groups in total. The third kappa shape index (κ3) is 4.50. The Labute approximate surface area is 231 Å². The summed E-state index contributed by atoms with van der Waals surface area (Å²) in [6.45, 7) is 2.00. The zero-order chi connectivity index (χ0) is 27.8. The van der Waals surface area contributed by atoms with Gasteiger partial charge in [0.2, 0.25) is 11.6 Å². The lowest BCUT2D eigenvalue weighted by molar-refractivity contribution is -0.384. The molecule has 3 aromatic carbocycles. The number of thiazole rings is 1. The first-order valence-corrected chi connectivity index (χ1v) is 13.1. The molecule has 0 bridgehead atoms. The Balaban J connectivity index is 1.50. The first kappa shape index (κ1) is 25.1. The van der Waals surface area contributed by atoms with Crippen LogP contribution in [0.4, 0.5) is 11.4 Å². The van der Waals surface area contributed by atoms with E-state index in [4.69, 9.17) is 19.6 Å². The lowest BCUT2D eigenvalue weighted by Crippen LogP contribution is -2.19. The van der Waals surface area contributed by atoms with E-state index in [1.54, 1.807) is 32.4 Å². The summed E-state index contributed by atoms with van der Waals surface area (Å²) in [4.78, 5) is 29.5. The van der Waals surface area contributed by atoms with E-state index in [2.05, 4.69) is 0 Å². The van der Waals surface area contributed by atoms with Gasteiger partial charge >= 0.3 is 0 Å². The minimum atomic E-state index is -0.444. The van der Waals surface area contributed by atoms with Crippen molar-refractivity contribution in [2.75, 3.05) is 6.79 Å². The van der Waals surface area contributed by atoms with Crippen LogP contribution in [-0.4, -0.2) is 32.0 Å². The van der Waals surface area contributed by atoms with E-state index in [0.717, 1.165) is 11.3 Å². The molecule has 12 heteroatoms. The smallest absolute Gasteiger partial charge is 0.297 e. The predicted octanol–water partition coefficient (Wildman–Crippen LogP) is 4.77. The highest BCUT2D eigenvalue weighted by molar-refractivity contribution is 7.07. The molecule has 0 spiro atoms. The monoisotopic (exact) mass is 554 g/mol. The van der Waals surface area contributed by atoms with Gasteiger partial charge in [0.1, 0.15) is 0 Å². The number of rotatable bonds is 6. The van der Waals surface area contributed by atoms with Crippen LogP contribution < -0.4 is 19.8 Å². The molecular weight excluding hydrogens is 532 g/mol. The van der Waals surface area contributed by atoms with Gasteiger partial charge in [-0.1, -0.05) is 18.2 Å². The lowest BCUT2D eigenvalue weighted by Gasteiger charge is -2.07. The van der Waals surface area contributed by atoms with Crippen molar-refractivity contribution in [3.63, 3.8) is 0 Å². The summed E-state index contributed by atoms with van der Waals surface area (Å²) in [5.41, 5.74) is 3.56. The number of nitro benzene ring substituents is 1. The molecule has 3 heterocycles. The van der Waals surface area contributed by atoms with Crippen molar-refractivity contribution in [1.82, 2.24) is 14.0 Å². The molecule has 0 saturated carbocycles. The number of para-hydroxylation sites is 1. The SMILES string of the molecule is Cc1c(N=c2scc(-c3ccc([N+](=O)[O-])cc3)n2N=Cc2ccc3c(c2)OCO3)c(=O)n(-c2ccccc2)n1C. The number of ether oxygens (including phenoxy) is 2. The summed E-state index contributed by atoms with van der Waals surface area (Å²) in [5, 5.41) is 17.7. The molecular formula is C28H22N6O5S. The molecule has 2 aromatic heterocycles. The molecule has 11 nitrogen and oxygen atoms in total. The van der Waals surface area contributed by atoms with Crippen LogP contribution in [0.5, 0.6) is 11.5 Å². The third-order valence-corrected chi connectivity index (χ3v) is 7.33. The Bertz CT molecular complexity index is 1900. The van der Waals surface area contributed by atoms with Gasteiger partial charge in [-0.15, -0.1) is 11.3 Å². The second-order valence-electron chi connectivity index (χ2n) is 8.90. The van der Waals surface area contributed by atoms with Crippen LogP contribution in [-0.2, 0) is 7.05 Å². The summed E-state index contributed by atoms with van der Waals surface area (Å²) >= 11 is 1.31. The molecule has 0 saturated heterocycles. The molecule has 1 aliphatic rings. The molecule has 0 aliphatic carbocycles. The average molecular weight is 555 g/mol. The first-order valence-electron chi connectivity index (χ1n) is 12.2. The van der Waals surface area contributed by atoms with E-state index in [-0.39, 0.29) is 23.7 Å². The highest BCUT2D eigenvalue weighted by Crippen LogP contribution is 2.32.